The lowest BCUT2D eigenvalue weighted by atomic mass is 10.2. The summed E-state index contributed by atoms with van der Waals surface area (Å²) in [5.41, 5.74) is 0. The van der Waals surface area contributed by atoms with Crippen LogP contribution in [0.3, 0.4) is 0 Å². The number of rotatable bonds is 1. The van der Waals surface area contributed by atoms with Gasteiger partial charge in [-0.05, 0) is 13.0 Å². The highest BCUT2D eigenvalue weighted by atomic mass is 16.2. The average molecular weight is 169 g/mol. The Kier molecular flexibility index (Phi) is 1.92. The lowest BCUT2D eigenvalue weighted by molar-refractivity contribution is 0.185. The quantitative estimate of drug-likeness (QED) is 0.586. The summed E-state index contributed by atoms with van der Waals surface area (Å²) in [7, 11) is 1.87. The first kappa shape index (κ1) is 7.86. The topological polar surface area (TPSA) is 35.6 Å². The SMILES string of the molecule is CN1CCN([C@H]2CCNC2)C1=O. The van der Waals surface area contributed by atoms with Crippen molar-refractivity contribution >= 4 is 6.03 Å². The molecule has 0 spiro atoms. The molecule has 0 bridgehead atoms. The fourth-order valence-corrected chi connectivity index (χ4v) is 1.91. The van der Waals surface area contributed by atoms with Crippen LogP contribution in [0.5, 0.6) is 0 Å². The normalized spacial score (nSPS) is 30.4. The molecule has 0 unspecified atom stereocenters. The van der Waals surface area contributed by atoms with Gasteiger partial charge in [-0.25, -0.2) is 4.79 Å². The molecule has 2 fully saturated rings. The second-order valence-corrected chi connectivity index (χ2v) is 3.54. The molecule has 4 heteroatoms. The van der Waals surface area contributed by atoms with Gasteiger partial charge in [-0.2, -0.15) is 0 Å². The molecule has 0 aromatic rings. The third kappa shape index (κ3) is 1.16. The van der Waals surface area contributed by atoms with Gasteiger partial charge in [-0.3, -0.25) is 0 Å². The molecule has 0 aromatic heterocycles. The van der Waals surface area contributed by atoms with Gasteiger partial charge < -0.3 is 15.1 Å². The van der Waals surface area contributed by atoms with Crippen molar-refractivity contribution in [2.45, 2.75) is 12.5 Å². The molecular formula is C8H15N3O. The van der Waals surface area contributed by atoms with Gasteiger partial charge in [0.2, 0.25) is 0 Å². The van der Waals surface area contributed by atoms with Crippen molar-refractivity contribution in [3.05, 3.63) is 0 Å². The number of nitrogens with one attached hydrogen (secondary N) is 1. The fraction of sp³-hybridized carbons (Fsp3) is 0.875. The van der Waals surface area contributed by atoms with E-state index in [0.29, 0.717) is 6.04 Å². The van der Waals surface area contributed by atoms with Crippen LogP contribution < -0.4 is 5.32 Å². The Labute approximate surface area is 72.5 Å². The first-order chi connectivity index (χ1) is 5.79. The molecule has 2 heterocycles. The molecule has 68 valence electrons. The summed E-state index contributed by atoms with van der Waals surface area (Å²) in [6.07, 6.45) is 1.11. The van der Waals surface area contributed by atoms with Crippen molar-refractivity contribution < 1.29 is 4.79 Å². The largest absolute Gasteiger partial charge is 0.326 e. The van der Waals surface area contributed by atoms with Crippen LogP contribution in [0.25, 0.3) is 0 Å². The maximum Gasteiger partial charge on any atom is 0.320 e. The van der Waals surface area contributed by atoms with Crippen molar-refractivity contribution in [1.82, 2.24) is 15.1 Å². The Morgan fingerprint density at radius 2 is 2.33 bits per heavy atom. The summed E-state index contributed by atoms with van der Waals surface area (Å²) in [4.78, 5) is 15.3. The van der Waals surface area contributed by atoms with Gasteiger partial charge in [0.05, 0.1) is 0 Å². The Hall–Kier alpha value is -0.770. The minimum Gasteiger partial charge on any atom is -0.326 e. The highest BCUT2D eigenvalue weighted by Gasteiger charge is 2.32. The fourth-order valence-electron chi connectivity index (χ4n) is 1.91. The van der Waals surface area contributed by atoms with E-state index in [1.165, 1.54) is 0 Å². The van der Waals surface area contributed by atoms with E-state index >= 15 is 0 Å². The number of carbonyl (C=O) groups excluding carboxylic acids is 1. The first-order valence-electron chi connectivity index (χ1n) is 4.51. The molecule has 2 aliphatic heterocycles. The smallest absolute Gasteiger partial charge is 0.320 e. The number of urea groups is 1. The average Bonchev–Trinajstić information content (AvgIpc) is 2.64. The number of amides is 2. The Morgan fingerprint density at radius 3 is 2.83 bits per heavy atom. The van der Waals surface area contributed by atoms with E-state index in [1.807, 2.05) is 11.9 Å². The van der Waals surface area contributed by atoms with Crippen LogP contribution in [0.15, 0.2) is 0 Å². The second-order valence-electron chi connectivity index (χ2n) is 3.54. The molecule has 12 heavy (non-hydrogen) atoms. The molecule has 2 rings (SSSR count). The maximum absolute atomic E-state index is 11.5. The van der Waals surface area contributed by atoms with Crippen molar-refractivity contribution in [2.75, 3.05) is 33.2 Å². The third-order valence-corrected chi connectivity index (χ3v) is 2.72. The van der Waals surface area contributed by atoms with Crippen LogP contribution >= 0.6 is 0 Å². The van der Waals surface area contributed by atoms with E-state index in [9.17, 15) is 4.79 Å². The minimum atomic E-state index is 0.198. The molecule has 0 radical (unpaired) electrons. The summed E-state index contributed by atoms with van der Waals surface area (Å²) in [6.45, 7) is 3.81. The predicted molar refractivity (Wildman–Crippen MR) is 46.0 cm³/mol. The zero-order valence-electron chi connectivity index (χ0n) is 7.42. The van der Waals surface area contributed by atoms with Crippen LogP contribution in [0.4, 0.5) is 4.79 Å². The maximum atomic E-state index is 11.5. The van der Waals surface area contributed by atoms with Gasteiger partial charge in [-0.1, -0.05) is 0 Å². The van der Waals surface area contributed by atoms with E-state index in [0.717, 1.165) is 32.6 Å². The Morgan fingerprint density at radius 1 is 1.50 bits per heavy atom. The van der Waals surface area contributed by atoms with Crippen LogP contribution in [-0.4, -0.2) is 55.1 Å². The molecule has 0 aromatic carbocycles. The molecule has 0 saturated carbocycles. The number of carbonyl (C=O) groups is 1. The molecule has 4 nitrogen and oxygen atoms in total. The molecular weight excluding hydrogens is 154 g/mol. The molecule has 1 atom stereocenters. The summed E-state index contributed by atoms with van der Waals surface area (Å²) in [5, 5.41) is 3.27. The molecule has 2 saturated heterocycles. The zero-order valence-corrected chi connectivity index (χ0v) is 7.42. The van der Waals surface area contributed by atoms with Gasteiger partial charge >= 0.3 is 6.03 Å². The minimum absolute atomic E-state index is 0.198. The molecule has 0 aliphatic carbocycles. The van der Waals surface area contributed by atoms with Gasteiger partial charge in [0.1, 0.15) is 0 Å². The molecule has 2 aliphatic rings. The first-order valence-corrected chi connectivity index (χ1v) is 4.51. The number of likely N-dealkylation sites (N-methyl/N-ethyl adjacent to an activating group) is 1. The van der Waals surface area contributed by atoms with Crippen molar-refractivity contribution in [3.63, 3.8) is 0 Å². The summed E-state index contributed by atoms with van der Waals surface area (Å²) in [5.74, 6) is 0. The number of hydrogen-bond acceptors (Lipinski definition) is 2. The highest BCUT2D eigenvalue weighted by molar-refractivity contribution is 5.76. The van der Waals surface area contributed by atoms with E-state index in [1.54, 1.807) is 4.90 Å². The van der Waals surface area contributed by atoms with Crippen molar-refractivity contribution in [2.24, 2.45) is 0 Å². The molecule has 2 amide bonds. The number of hydrogen-bond donors (Lipinski definition) is 1. The standard InChI is InChI=1S/C8H15N3O/c1-10-4-5-11(8(10)12)7-2-3-9-6-7/h7,9H,2-6H2,1H3/t7-/m0/s1. The zero-order chi connectivity index (χ0) is 8.55. The van der Waals surface area contributed by atoms with Crippen molar-refractivity contribution in [1.29, 1.82) is 0 Å². The predicted octanol–water partition coefficient (Wildman–Crippen LogP) is -0.284. The molecule has 1 N–H and O–H groups in total. The third-order valence-electron chi connectivity index (χ3n) is 2.72. The monoisotopic (exact) mass is 169 g/mol. The van der Waals surface area contributed by atoms with E-state index in [-0.39, 0.29) is 6.03 Å². The van der Waals surface area contributed by atoms with Gasteiger partial charge in [0.25, 0.3) is 0 Å². The summed E-state index contributed by atoms with van der Waals surface area (Å²) >= 11 is 0. The van der Waals surface area contributed by atoms with E-state index in [2.05, 4.69) is 5.32 Å². The van der Waals surface area contributed by atoms with Crippen LogP contribution in [0.1, 0.15) is 6.42 Å². The summed E-state index contributed by atoms with van der Waals surface area (Å²) in [6, 6.07) is 0.645. The van der Waals surface area contributed by atoms with Gasteiger partial charge in [0.15, 0.2) is 0 Å². The van der Waals surface area contributed by atoms with Crippen LogP contribution in [-0.2, 0) is 0 Å². The van der Waals surface area contributed by atoms with Gasteiger partial charge in [-0.15, -0.1) is 0 Å². The summed E-state index contributed by atoms with van der Waals surface area (Å²) < 4.78 is 0. The lowest BCUT2D eigenvalue weighted by Gasteiger charge is -2.22. The van der Waals surface area contributed by atoms with Crippen LogP contribution in [0, 0.1) is 0 Å². The highest BCUT2D eigenvalue weighted by Crippen LogP contribution is 2.14. The van der Waals surface area contributed by atoms with E-state index in [4.69, 9.17) is 0 Å². The Bertz CT molecular complexity index is 189. The van der Waals surface area contributed by atoms with Crippen LogP contribution in [0.2, 0.25) is 0 Å². The lowest BCUT2D eigenvalue weighted by Crippen LogP contribution is -2.39. The second kappa shape index (κ2) is 2.94. The van der Waals surface area contributed by atoms with E-state index < -0.39 is 0 Å². The van der Waals surface area contributed by atoms with Crippen molar-refractivity contribution in [3.8, 4) is 0 Å². The van der Waals surface area contributed by atoms with Gasteiger partial charge in [0, 0.05) is 32.7 Å². The number of nitrogens with zero attached hydrogens (tertiary/aromatic N) is 2. The Balaban J connectivity index is 1.99.